The van der Waals surface area contributed by atoms with Gasteiger partial charge in [0.2, 0.25) is 5.91 Å². The van der Waals surface area contributed by atoms with E-state index in [2.05, 4.69) is 44.8 Å². The van der Waals surface area contributed by atoms with Crippen molar-refractivity contribution in [3.8, 4) is 0 Å². The third kappa shape index (κ3) is 10.7. The van der Waals surface area contributed by atoms with Gasteiger partial charge in [0.1, 0.15) is 0 Å². The molecule has 0 rings (SSSR count). The monoisotopic (exact) mass is 299 g/mol. The van der Waals surface area contributed by atoms with Gasteiger partial charge in [-0.3, -0.25) is 4.79 Å². The van der Waals surface area contributed by atoms with Gasteiger partial charge in [0.25, 0.3) is 0 Å². The molecule has 4 heteroatoms. The van der Waals surface area contributed by atoms with Gasteiger partial charge in [-0.1, -0.05) is 27.7 Å². The summed E-state index contributed by atoms with van der Waals surface area (Å²) in [6.45, 7) is 14.9. The summed E-state index contributed by atoms with van der Waals surface area (Å²) in [5.74, 6) is 0.176. The number of nitrogens with one attached hydrogen (secondary N) is 1. The summed E-state index contributed by atoms with van der Waals surface area (Å²) in [4.78, 5) is 14.4. The molecule has 0 bridgehead atoms. The van der Waals surface area contributed by atoms with Gasteiger partial charge >= 0.3 is 0 Å². The molecule has 0 aromatic carbocycles. The fourth-order valence-corrected chi connectivity index (χ4v) is 2.55. The maximum atomic E-state index is 12.0. The van der Waals surface area contributed by atoms with E-state index in [1.165, 1.54) is 0 Å². The molecule has 1 unspecified atom stereocenters. The molecule has 0 aromatic heterocycles. The second kappa shape index (κ2) is 11.0. The topological polar surface area (TPSA) is 58.4 Å². The Hall–Kier alpha value is -0.610. The van der Waals surface area contributed by atoms with Crippen LogP contribution < -0.4 is 11.1 Å². The van der Waals surface area contributed by atoms with E-state index in [1.54, 1.807) is 0 Å². The van der Waals surface area contributed by atoms with Crippen molar-refractivity contribution >= 4 is 5.91 Å². The minimum absolute atomic E-state index is 0.165. The standard InChI is InChI=1S/C17H37N3O/c1-6-20(7-2)14-8-9-15(3)19-16(21)10-11-17(4,5)12-13-18/h15H,6-14,18H2,1-5H3,(H,19,21). The summed E-state index contributed by atoms with van der Waals surface area (Å²) in [6, 6.07) is 0.269. The Bertz CT molecular complexity index is 275. The Labute approximate surface area is 131 Å². The zero-order chi connectivity index (χ0) is 16.3. The number of nitrogens with two attached hydrogens (primary N) is 1. The molecule has 0 heterocycles. The van der Waals surface area contributed by atoms with Crippen LogP contribution in [0.25, 0.3) is 0 Å². The minimum Gasteiger partial charge on any atom is -0.354 e. The predicted octanol–water partition coefficient (Wildman–Crippen LogP) is 2.77. The third-order valence-corrected chi connectivity index (χ3v) is 4.26. The van der Waals surface area contributed by atoms with Crippen LogP contribution in [0.3, 0.4) is 0 Å². The van der Waals surface area contributed by atoms with Gasteiger partial charge in [-0.15, -0.1) is 0 Å². The number of nitrogens with zero attached hydrogens (tertiary/aromatic N) is 1. The van der Waals surface area contributed by atoms with Gasteiger partial charge in [0, 0.05) is 12.5 Å². The molecule has 4 nitrogen and oxygen atoms in total. The van der Waals surface area contributed by atoms with E-state index in [0.717, 1.165) is 45.3 Å². The summed E-state index contributed by atoms with van der Waals surface area (Å²) >= 11 is 0. The van der Waals surface area contributed by atoms with Gasteiger partial charge in [0.05, 0.1) is 0 Å². The van der Waals surface area contributed by atoms with Crippen molar-refractivity contribution in [2.45, 2.75) is 72.8 Å². The molecule has 0 saturated heterocycles. The molecule has 0 aliphatic heterocycles. The maximum absolute atomic E-state index is 12.0. The number of carbonyl (C=O) groups is 1. The summed E-state index contributed by atoms with van der Waals surface area (Å²) in [5.41, 5.74) is 5.76. The number of rotatable bonds is 12. The van der Waals surface area contributed by atoms with Crippen LogP contribution in [0.2, 0.25) is 0 Å². The first-order valence-electron chi connectivity index (χ1n) is 8.56. The van der Waals surface area contributed by atoms with Crippen molar-refractivity contribution in [2.24, 2.45) is 11.1 Å². The number of amides is 1. The SMILES string of the molecule is CCN(CC)CCCC(C)NC(=O)CCC(C)(C)CCN. The molecule has 0 fully saturated rings. The van der Waals surface area contributed by atoms with Crippen LogP contribution in [0.5, 0.6) is 0 Å². The van der Waals surface area contributed by atoms with Gasteiger partial charge in [-0.25, -0.2) is 0 Å². The summed E-state index contributed by atoms with van der Waals surface area (Å²) in [6.07, 6.45) is 4.67. The van der Waals surface area contributed by atoms with Crippen LogP contribution in [0, 0.1) is 5.41 Å². The zero-order valence-electron chi connectivity index (χ0n) is 14.9. The fraction of sp³-hybridized carbons (Fsp3) is 0.941. The van der Waals surface area contributed by atoms with Crippen molar-refractivity contribution < 1.29 is 4.79 Å². The normalized spacial score (nSPS) is 13.5. The lowest BCUT2D eigenvalue weighted by atomic mass is 9.84. The van der Waals surface area contributed by atoms with E-state index in [9.17, 15) is 4.79 Å². The molecule has 21 heavy (non-hydrogen) atoms. The largest absolute Gasteiger partial charge is 0.354 e. The van der Waals surface area contributed by atoms with Crippen molar-refractivity contribution in [2.75, 3.05) is 26.2 Å². The van der Waals surface area contributed by atoms with E-state index < -0.39 is 0 Å². The van der Waals surface area contributed by atoms with Gasteiger partial charge in [-0.2, -0.15) is 0 Å². The van der Waals surface area contributed by atoms with E-state index in [0.29, 0.717) is 13.0 Å². The van der Waals surface area contributed by atoms with E-state index >= 15 is 0 Å². The highest BCUT2D eigenvalue weighted by Crippen LogP contribution is 2.25. The molecule has 1 amide bonds. The molecular formula is C17H37N3O. The molecule has 1 atom stereocenters. The quantitative estimate of drug-likeness (QED) is 0.582. The lowest BCUT2D eigenvalue weighted by Gasteiger charge is -2.24. The van der Waals surface area contributed by atoms with Crippen LogP contribution >= 0.6 is 0 Å². The molecule has 3 N–H and O–H groups in total. The highest BCUT2D eigenvalue weighted by molar-refractivity contribution is 5.76. The Balaban J connectivity index is 3.84. The van der Waals surface area contributed by atoms with Gasteiger partial charge < -0.3 is 16.0 Å². The average Bonchev–Trinajstić information content (AvgIpc) is 2.41. The van der Waals surface area contributed by atoms with Gasteiger partial charge in [0.15, 0.2) is 0 Å². The zero-order valence-corrected chi connectivity index (χ0v) is 14.9. The highest BCUT2D eigenvalue weighted by Gasteiger charge is 2.18. The number of carbonyl (C=O) groups excluding carboxylic acids is 1. The Morgan fingerprint density at radius 3 is 2.38 bits per heavy atom. The molecule has 0 aromatic rings. The molecule has 0 radical (unpaired) electrons. The van der Waals surface area contributed by atoms with E-state index in [4.69, 9.17) is 5.73 Å². The maximum Gasteiger partial charge on any atom is 0.220 e. The molecule has 0 saturated carbocycles. The van der Waals surface area contributed by atoms with E-state index in [1.807, 2.05) is 0 Å². The molecule has 126 valence electrons. The number of hydrogen-bond donors (Lipinski definition) is 2. The lowest BCUT2D eigenvalue weighted by Crippen LogP contribution is -2.34. The minimum atomic E-state index is 0.165. The molecule has 0 aliphatic rings. The molecule has 0 aliphatic carbocycles. The Morgan fingerprint density at radius 2 is 1.86 bits per heavy atom. The smallest absolute Gasteiger partial charge is 0.220 e. The first-order valence-corrected chi connectivity index (χ1v) is 8.56. The van der Waals surface area contributed by atoms with E-state index in [-0.39, 0.29) is 17.4 Å². The van der Waals surface area contributed by atoms with Crippen LogP contribution in [0.15, 0.2) is 0 Å². The average molecular weight is 300 g/mol. The van der Waals surface area contributed by atoms with Crippen LogP contribution in [0.4, 0.5) is 0 Å². The Kier molecular flexibility index (Phi) is 10.7. The second-order valence-corrected chi connectivity index (χ2v) is 6.84. The summed E-state index contributed by atoms with van der Waals surface area (Å²) < 4.78 is 0. The van der Waals surface area contributed by atoms with Crippen LogP contribution in [0.1, 0.15) is 66.7 Å². The van der Waals surface area contributed by atoms with Crippen LogP contribution in [-0.2, 0) is 4.79 Å². The first kappa shape index (κ1) is 20.4. The summed E-state index contributed by atoms with van der Waals surface area (Å²) in [5, 5.41) is 3.12. The lowest BCUT2D eigenvalue weighted by molar-refractivity contribution is -0.122. The van der Waals surface area contributed by atoms with Crippen molar-refractivity contribution in [1.82, 2.24) is 10.2 Å². The number of hydrogen-bond acceptors (Lipinski definition) is 3. The predicted molar refractivity (Wildman–Crippen MR) is 91.3 cm³/mol. The Morgan fingerprint density at radius 1 is 1.24 bits per heavy atom. The third-order valence-electron chi connectivity index (χ3n) is 4.26. The van der Waals surface area contributed by atoms with Crippen molar-refractivity contribution in [3.63, 3.8) is 0 Å². The second-order valence-electron chi connectivity index (χ2n) is 6.84. The highest BCUT2D eigenvalue weighted by atomic mass is 16.1. The van der Waals surface area contributed by atoms with Gasteiger partial charge in [-0.05, 0) is 64.2 Å². The molecule has 0 spiro atoms. The fourth-order valence-electron chi connectivity index (χ4n) is 2.55. The summed E-state index contributed by atoms with van der Waals surface area (Å²) in [7, 11) is 0. The van der Waals surface area contributed by atoms with Crippen LogP contribution in [-0.4, -0.2) is 43.0 Å². The molecular weight excluding hydrogens is 262 g/mol. The van der Waals surface area contributed by atoms with Crippen molar-refractivity contribution in [1.29, 1.82) is 0 Å². The first-order chi connectivity index (χ1) is 9.84. The van der Waals surface area contributed by atoms with Crippen molar-refractivity contribution in [3.05, 3.63) is 0 Å².